The Kier molecular flexibility index (Phi) is 5.34. The number of rotatable bonds is 7. The van der Waals surface area contributed by atoms with Gasteiger partial charge in [-0.15, -0.1) is 0 Å². The molecule has 1 N–H and O–H groups in total. The molecule has 0 spiro atoms. The number of benzene rings is 2. The van der Waals surface area contributed by atoms with Crippen molar-refractivity contribution >= 4 is 5.91 Å². The molecule has 0 radical (unpaired) electrons. The maximum atomic E-state index is 13.5. The molecule has 1 atom stereocenters. The predicted octanol–water partition coefficient (Wildman–Crippen LogP) is 4.96. The zero-order valence-corrected chi connectivity index (χ0v) is 16.6. The highest BCUT2D eigenvalue weighted by Crippen LogP contribution is 2.43. The molecule has 1 unspecified atom stereocenters. The first-order chi connectivity index (χ1) is 14.1. The molecule has 4 rings (SSSR count). The third kappa shape index (κ3) is 3.50. The van der Waals surface area contributed by atoms with Crippen LogP contribution in [-0.4, -0.2) is 34.7 Å². The number of carbonyl (C=O) groups excluding carboxylic acids is 1. The summed E-state index contributed by atoms with van der Waals surface area (Å²) in [7, 11) is 1.62. The Bertz CT molecular complexity index is 996. The number of aromatic nitrogens is 2. The van der Waals surface area contributed by atoms with Crippen LogP contribution in [0, 0.1) is 5.82 Å². The predicted molar refractivity (Wildman–Crippen MR) is 109 cm³/mol. The van der Waals surface area contributed by atoms with Gasteiger partial charge in [0, 0.05) is 17.7 Å². The van der Waals surface area contributed by atoms with Gasteiger partial charge in [0.25, 0.3) is 5.91 Å². The molecule has 0 saturated heterocycles. The van der Waals surface area contributed by atoms with E-state index in [-0.39, 0.29) is 17.8 Å². The minimum Gasteiger partial charge on any atom is -0.497 e. The number of fused-ring (bicyclic) bond motifs is 1. The zero-order valence-electron chi connectivity index (χ0n) is 16.6. The number of halogens is 1. The molecule has 150 valence electrons. The van der Waals surface area contributed by atoms with Gasteiger partial charge in [-0.05, 0) is 48.4 Å². The average Bonchev–Trinajstić information content (AvgIpc) is 3.29. The SMILES string of the molecule is CCCCCN1C(=O)c2[nH]nc(-c3ccc(OC)cc3)c2C1c1ccc(F)cc1. The van der Waals surface area contributed by atoms with Crippen LogP contribution in [-0.2, 0) is 0 Å². The van der Waals surface area contributed by atoms with Crippen molar-refractivity contribution in [3.05, 3.63) is 71.2 Å². The zero-order chi connectivity index (χ0) is 20.4. The lowest BCUT2D eigenvalue weighted by Crippen LogP contribution is -2.30. The Morgan fingerprint density at radius 2 is 1.83 bits per heavy atom. The third-order valence-corrected chi connectivity index (χ3v) is 5.42. The second kappa shape index (κ2) is 8.07. The van der Waals surface area contributed by atoms with Crippen molar-refractivity contribution in [2.45, 2.75) is 32.2 Å². The summed E-state index contributed by atoms with van der Waals surface area (Å²) in [6.07, 6.45) is 3.06. The van der Waals surface area contributed by atoms with Crippen molar-refractivity contribution in [3.8, 4) is 17.0 Å². The van der Waals surface area contributed by atoms with Crippen molar-refractivity contribution < 1.29 is 13.9 Å². The highest BCUT2D eigenvalue weighted by molar-refractivity contribution is 6.00. The number of aromatic amines is 1. The topological polar surface area (TPSA) is 58.2 Å². The van der Waals surface area contributed by atoms with E-state index in [0.29, 0.717) is 12.2 Å². The quantitative estimate of drug-likeness (QED) is 0.577. The van der Waals surface area contributed by atoms with Gasteiger partial charge in [-0.3, -0.25) is 9.89 Å². The lowest BCUT2D eigenvalue weighted by molar-refractivity contribution is 0.0740. The first-order valence-electron chi connectivity index (χ1n) is 9.93. The number of carbonyl (C=O) groups is 1. The fraction of sp³-hybridized carbons (Fsp3) is 0.304. The smallest absolute Gasteiger partial charge is 0.273 e. The minimum absolute atomic E-state index is 0.0577. The van der Waals surface area contributed by atoms with E-state index in [4.69, 9.17) is 4.74 Å². The van der Waals surface area contributed by atoms with Crippen molar-refractivity contribution in [2.75, 3.05) is 13.7 Å². The lowest BCUT2D eigenvalue weighted by Gasteiger charge is -2.26. The van der Waals surface area contributed by atoms with E-state index in [1.165, 1.54) is 12.1 Å². The van der Waals surface area contributed by atoms with Crippen molar-refractivity contribution in [2.24, 2.45) is 0 Å². The number of H-pyrrole nitrogens is 1. The monoisotopic (exact) mass is 393 g/mol. The van der Waals surface area contributed by atoms with Gasteiger partial charge in [0.15, 0.2) is 0 Å². The highest BCUT2D eigenvalue weighted by Gasteiger charge is 2.41. The van der Waals surface area contributed by atoms with Crippen molar-refractivity contribution in [1.29, 1.82) is 0 Å². The second-order valence-corrected chi connectivity index (χ2v) is 7.25. The van der Waals surface area contributed by atoms with Crippen LogP contribution in [0.1, 0.15) is 53.8 Å². The van der Waals surface area contributed by atoms with Crippen LogP contribution < -0.4 is 4.74 Å². The van der Waals surface area contributed by atoms with Crippen LogP contribution in [0.5, 0.6) is 5.75 Å². The Morgan fingerprint density at radius 1 is 1.10 bits per heavy atom. The molecule has 0 fully saturated rings. The summed E-state index contributed by atoms with van der Waals surface area (Å²) in [5.74, 6) is 0.407. The van der Waals surface area contributed by atoms with Crippen molar-refractivity contribution in [3.63, 3.8) is 0 Å². The summed E-state index contributed by atoms with van der Waals surface area (Å²) in [5, 5.41) is 7.40. The normalized spacial score (nSPS) is 15.6. The Balaban J connectivity index is 1.79. The number of nitrogens with one attached hydrogen (secondary N) is 1. The largest absolute Gasteiger partial charge is 0.497 e. The first kappa shape index (κ1) is 19.2. The van der Waals surface area contributed by atoms with Gasteiger partial charge in [0.2, 0.25) is 0 Å². The van der Waals surface area contributed by atoms with Crippen LogP contribution in [0.4, 0.5) is 4.39 Å². The van der Waals surface area contributed by atoms with Gasteiger partial charge in [-0.1, -0.05) is 31.9 Å². The minimum atomic E-state index is -0.293. The summed E-state index contributed by atoms with van der Waals surface area (Å²) in [5.41, 5.74) is 3.89. The maximum Gasteiger partial charge on any atom is 0.273 e. The molecular formula is C23H24FN3O2. The van der Waals surface area contributed by atoms with E-state index in [1.807, 2.05) is 29.2 Å². The molecule has 0 saturated carbocycles. The summed E-state index contributed by atoms with van der Waals surface area (Å²) >= 11 is 0. The Hall–Kier alpha value is -3.15. The lowest BCUT2D eigenvalue weighted by atomic mass is 9.96. The Labute approximate surface area is 169 Å². The Morgan fingerprint density at radius 3 is 2.48 bits per heavy atom. The fourth-order valence-corrected chi connectivity index (χ4v) is 3.92. The summed E-state index contributed by atoms with van der Waals surface area (Å²) in [6.45, 7) is 2.79. The number of unbranched alkanes of at least 4 members (excludes halogenated alkanes) is 2. The van der Waals surface area contributed by atoms with E-state index in [1.54, 1.807) is 19.2 Å². The summed E-state index contributed by atoms with van der Waals surface area (Å²) in [6, 6.07) is 13.7. The number of methoxy groups -OCH3 is 1. The van der Waals surface area contributed by atoms with Gasteiger partial charge in [0.05, 0.1) is 18.8 Å². The number of nitrogens with zero attached hydrogens (tertiary/aromatic N) is 2. The molecule has 1 aliphatic heterocycles. The van der Waals surface area contributed by atoms with Gasteiger partial charge < -0.3 is 9.64 Å². The fourth-order valence-electron chi connectivity index (χ4n) is 3.92. The molecule has 1 aromatic heterocycles. The van der Waals surface area contributed by atoms with Crippen LogP contribution >= 0.6 is 0 Å². The molecule has 0 bridgehead atoms. The van der Waals surface area contributed by atoms with Gasteiger partial charge in [0.1, 0.15) is 17.3 Å². The molecule has 0 aliphatic carbocycles. The molecule has 1 aliphatic rings. The van der Waals surface area contributed by atoms with Gasteiger partial charge >= 0.3 is 0 Å². The average molecular weight is 393 g/mol. The molecule has 5 nitrogen and oxygen atoms in total. The molecule has 6 heteroatoms. The standard InChI is InChI=1S/C23H24FN3O2/c1-3-4-5-14-27-22(16-6-10-17(24)11-7-16)19-20(25-26-21(19)23(27)28)15-8-12-18(29-2)13-9-15/h6-13,22H,3-5,14H2,1-2H3,(H,25,26). The van der Waals surface area contributed by atoms with Crippen LogP contribution in [0.2, 0.25) is 0 Å². The molecule has 2 aromatic carbocycles. The number of hydrogen-bond acceptors (Lipinski definition) is 3. The van der Waals surface area contributed by atoms with E-state index in [0.717, 1.165) is 47.4 Å². The molecule has 1 amide bonds. The number of amides is 1. The number of hydrogen-bond donors (Lipinski definition) is 1. The summed E-state index contributed by atoms with van der Waals surface area (Å²) in [4.78, 5) is 15.0. The van der Waals surface area contributed by atoms with Crippen LogP contribution in [0.15, 0.2) is 48.5 Å². The number of ether oxygens (including phenoxy) is 1. The van der Waals surface area contributed by atoms with E-state index >= 15 is 0 Å². The maximum absolute atomic E-state index is 13.5. The second-order valence-electron chi connectivity index (χ2n) is 7.25. The molecule has 3 aromatic rings. The van der Waals surface area contributed by atoms with Gasteiger partial charge in [-0.25, -0.2) is 4.39 Å². The van der Waals surface area contributed by atoms with E-state index in [9.17, 15) is 9.18 Å². The van der Waals surface area contributed by atoms with Gasteiger partial charge in [-0.2, -0.15) is 5.10 Å². The molecule has 2 heterocycles. The van der Waals surface area contributed by atoms with Crippen LogP contribution in [0.25, 0.3) is 11.3 Å². The van der Waals surface area contributed by atoms with Crippen molar-refractivity contribution in [1.82, 2.24) is 15.1 Å². The highest BCUT2D eigenvalue weighted by atomic mass is 19.1. The molecule has 29 heavy (non-hydrogen) atoms. The van der Waals surface area contributed by atoms with E-state index in [2.05, 4.69) is 17.1 Å². The van der Waals surface area contributed by atoms with Crippen LogP contribution in [0.3, 0.4) is 0 Å². The van der Waals surface area contributed by atoms with E-state index < -0.39 is 0 Å². The first-order valence-corrected chi connectivity index (χ1v) is 9.93. The third-order valence-electron chi connectivity index (χ3n) is 5.42. The summed E-state index contributed by atoms with van der Waals surface area (Å²) < 4.78 is 18.8. The molecular weight excluding hydrogens is 369 g/mol.